The van der Waals surface area contributed by atoms with Crippen molar-refractivity contribution in [1.82, 2.24) is 10.3 Å². The Kier molecular flexibility index (Phi) is 7.00. The highest BCUT2D eigenvalue weighted by molar-refractivity contribution is 9.10. The van der Waals surface area contributed by atoms with E-state index in [2.05, 4.69) is 71.6 Å². The van der Waals surface area contributed by atoms with E-state index in [-0.39, 0.29) is 11.8 Å². The van der Waals surface area contributed by atoms with Gasteiger partial charge in [0.15, 0.2) is 0 Å². The van der Waals surface area contributed by atoms with Gasteiger partial charge in [-0.3, -0.25) is 9.69 Å². The van der Waals surface area contributed by atoms with E-state index in [4.69, 9.17) is 0 Å². The number of hydrazone groups is 1. The third kappa shape index (κ3) is 5.76. The smallest absolute Gasteiger partial charge is 0.243 e. The molecule has 0 saturated carbocycles. The molecule has 2 aromatic carbocycles. The molecule has 3 rings (SSSR count). The number of carbonyl (C=O) groups is 1. The number of nitrogens with one attached hydrogen (secondary N) is 1. The molecular weight excluding hydrogens is 458 g/mol. The average molecular weight is 479 g/mol. The fourth-order valence-corrected chi connectivity index (χ4v) is 3.54. The van der Waals surface area contributed by atoms with Crippen molar-refractivity contribution in [1.29, 1.82) is 0 Å². The van der Waals surface area contributed by atoms with Gasteiger partial charge in [0, 0.05) is 21.4 Å². The first-order chi connectivity index (χ1) is 12.6. The Morgan fingerprint density at radius 1 is 1.04 bits per heavy atom. The summed E-state index contributed by atoms with van der Waals surface area (Å²) in [5, 5.41) is 4.08. The summed E-state index contributed by atoms with van der Waals surface area (Å²) in [6.45, 7) is 2.80. The number of hydrogen-bond donors (Lipinski definition) is 1. The van der Waals surface area contributed by atoms with Gasteiger partial charge in [0.2, 0.25) is 5.91 Å². The lowest BCUT2D eigenvalue weighted by Crippen LogP contribution is -2.39. The Morgan fingerprint density at radius 3 is 2.23 bits per heavy atom. The zero-order valence-electron chi connectivity index (χ0n) is 14.4. The second kappa shape index (κ2) is 9.44. The zero-order chi connectivity index (χ0) is 18.4. The molecule has 0 bridgehead atoms. The van der Waals surface area contributed by atoms with Crippen LogP contribution >= 0.6 is 31.9 Å². The molecule has 6 heteroatoms. The van der Waals surface area contributed by atoms with E-state index >= 15 is 0 Å². The van der Waals surface area contributed by atoms with Gasteiger partial charge in [-0.05, 0) is 61.3 Å². The first-order valence-electron chi connectivity index (χ1n) is 8.65. The van der Waals surface area contributed by atoms with Crippen LogP contribution in [-0.4, -0.2) is 30.1 Å². The van der Waals surface area contributed by atoms with Crippen LogP contribution in [0.15, 0.2) is 62.6 Å². The van der Waals surface area contributed by atoms with Crippen LogP contribution in [-0.2, 0) is 11.3 Å². The number of amides is 1. The molecule has 0 unspecified atom stereocenters. The molecule has 1 N–H and O–H groups in total. The molecule has 0 atom stereocenters. The van der Waals surface area contributed by atoms with Gasteiger partial charge in [-0.15, -0.1) is 0 Å². The maximum atomic E-state index is 12.3. The predicted molar refractivity (Wildman–Crippen MR) is 112 cm³/mol. The second-order valence-corrected chi connectivity index (χ2v) is 8.29. The van der Waals surface area contributed by atoms with Gasteiger partial charge < -0.3 is 0 Å². The third-order valence-electron chi connectivity index (χ3n) is 4.54. The molecule has 2 aromatic rings. The minimum Gasteiger partial charge on any atom is -0.299 e. The van der Waals surface area contributed by atoms with Crippen molar-refractivity contribution in [3.8, 4) is 0 Å². The van der Waals surface area contributed by atoms with Crippen LogP contribution in [0.1, 0.15) is 24.0 Å². The number of likely N-dealkylation sites (tertiary alicyclic amines) is 1. The van der Waals surface area contributed by atoms with Crippen LogP contribution in [0.4, 0.5) is 0 Å². The molecule has 4 nitrogen and oxygen atoms in total. The summed E-state index contributed by atoms with van der Waals surface area (Å²) < 4.78 is 2.12. The number of rotatable bonds is 5. The van der Waals surface area contributed by atoms with E-state index in [1.54, 1.807) is 6.21 Å². The molecule has 1 heterocycles. The van der Waals surface area contributed by atoms with E-state index in [0.29, 0.717) is 0 Å². The second-order valence-electron chi connectivity index (χ2n) is 6.46. The molecule has 1 aliphatic heterocycles. The first-order valence-corrected chi connectivity index (χ1v) is 10.2. The van der Waals surface area contributed by atoms with Crippen molar-refractivity contribution < 1.29 is 4.79 Å². The Labute approximate surface area is 170 Å². The molecular formula is C20H21Br2N3O. The summed E-state index contributed by atoms with van der Waals surface area (Å²) in [6, 6.07) is 16.2. The van der Waals surface area contributed by atoms with Crippen molar-refractivity contribution in [2.45, 2.75) is 19.4 Å². The van der Waals surface area contributed by atoms with Gasteiger partial charge in [0.05, 0.1) is 6.21 Å². The fraction of sp³-hybridized carbons (Fsp3) is 0.300. The minimum absolute atomic E-state index is 0.0154. The van der Waals surface area contributed by atoms with Crippen molar-refractivity contribution in [3.05, 3.63) is 68.6 Å². The summed E-state index contributed by atoms with van der Waals surface area (Å²) in [5.74, 6) is 0.0555. The molecule has 0 radical (unpaired) electrons. The Morgan fingerprint density at radius 2 is 1.62 bits per heavy atom. The van der Waals surface area contributed by atoms with Crippen LogP contribution in [0.2, 0.25) is 0 Å². The molecule has 0 aromatic heterocycles. The van der Waals surface area contributed by atoms with Crippen LogP contribution in [0.25, 0.3) is 0 Å². The summed E-state index contributed by atoms with van der Waals surface area (Å²) >= 11 is 6.86. The van der Waals surface area contributed by atoms with Gasteiger partial charge in [-0.1, -0.05) is 56.1 Å². The fourth-order valence-electron chi connectivity index (χ4n) is 3.01. The highest BCUT2D eigenvalue weighted by atomic mass is 79.9. The molecule has 0 aliphatic carbocycles. The molecule has 0 spiro atoms. The van der Waals surface area contributed by atoms with Crippen LogP contribution in [0.3, 0.4) is 0 Å². The highest BCUT2D eigenvalue weighted by Gasteiger charge is 2.24. The normalized spacial score (nSPS) is 16.1. The molecule has 26 heavy (non-hydrogen) atoms. The summed E-state index contributed by atoms with van der Waals surface area (Å²) in [5.41, 5.74) is 4.94. The standard InChI is InChI=1S/C20H21Br2N3O/c21-18-5-1-15(2-6-18)13-23-24-20(26)17-9-11-25(12-10-17)14-16-3-7-19(22)8-4-16/h1-8,13,17H,9-12,14H2,(H,24,26)/b23-13-. The van der Waals surface area contributed by atoms with Crippen molar-refractivity contribution >= 4 is 44.0 Å². The number of benzene rings is 2. The van der Waals surface area contributed by atoms with Gasteiger partial charge in [0.1, 0.15) is 0 Å². The maximum absolute atomic E-state index is 12.3. The van der Waals surface area contributed by atoms with Gasteiger partial charge in [-0.2, -0.15) is 5.10 Å². The SMILES string of the molecule is O=C(N/N=C\c1ccc(Br)cc1)C1CCN(Cc2ccc(Br)cc2)CC1. The zero-order valence-corrected chi connectivity index (χ0v) is 17.5. The summed E-state index contributed by atoms with van der Waals surface area (Å²) in [6.07, 6.45) is 3.42. The molecule has 1 fully saturated rings. The van der Waals surface area contributed by atoms with Crippen LogP contribution in [0, 0.1) is 5.92 Å². The predicted octanol–water partition coefficient (Wildman–Crippen LogP) is 4.57. The van der Waals surface area contributed by atoms with Crippen molar-refractivity contribution in [2.75, 3.05) is 13.1 Å². The lowest BCUT2D eigenvalue weighted by Gasteiger charge is -2.30. The van der Waals surface area contributed by atoms with E-state index in [9.17, 15) is 4.79 Å². The molecule has 1 saturated heterocycles. The number of carbonyl (C=O) groups excluding carboxylic acids is 1. The first kappa shape index (κ1) is 19.3. The Balaban J connectivity index is 1.43. The van der Waals surface area contributed by atoms with Gasteiger partial charge in [-0.25, -0.2) is 5.43 Å². The van der Waals surface area contributed by atoms with Crippen LogP contribution < -0.4 is 5.43 Å². The summed E-state index contributed by atoms with van der Waals surface area (Å²) in [4.78, 5) is 14.7. The van der Waals surface area contributed by atoms with Gasteiger partial charge >= 0.3 is 0 Å². The van der Waals surface area contributed by atoms with E-state index in [0.717, 1.165) is 47.0 Å². The topological polar surface area (TPSA) is 44.7 Å². The van der Waals surface area contributed by atoms with E-state index in [1.165, 1.54) is 5.56 Å². The number of halogens is 2. The average Bonchev–Trinajstić information content (AvgIpc) is 2.66. The number of piperidine rings is 1. The Bertz CT molecular complexity index is 752. The van der Waals surface area contributed by atoms with Crippen LogP contribution in [0.5, 0.6) is 0 Å². The van der Waals surface area contributed by atoms with E-state index in [1.807, 2.05) is 24.3 Å². The number of hydrogen-bond acceptors (Lipinski definition) is 3. The molecule has 1 amide bonds. The highest BCUT2D eigenvalue weighted by Crippen LogP contribution is 2.20. The Hall–Kier alpha value is -1.50. The quantitative estimate of drug-likeness (QED) is 0.505. The third-order valence-corrected chi connectivity index (χ3v) is 5.59. The van der Waals surface area contributed by atoms with E-state index < -0.39 is 0 Å². The summed E-state index contributed by atoms with van der Waals surface area (Å²) in [7, 11) is 0. The molecule has 136 valence electrons. The largest absolute Gasteiger partial charge is 0.299 e. The number of nitrogens with zero attached hydrogens (tertiary/aromatic N) is 2. The molecule has 1 aliphatic rings. The maximum Gasteiger partial charge on any atom is 0.243 e. The van der Waals surface area contributed by atoms with Crippen molar-refractivity contribution in [3.63, 3.8) is 0 Å². The minimum atomic E-state index is 0.0154. The van der Waals surface area contributed by atoms with Crippen molar-refractivity contribution in [2.24, 2.45) is 11.0 Å². The lowest BCUT2D eigenvalue weighted by atomic mass is 9.96. The monoisotopic (exact) mass is 477 g/mol. The lowest BCUT2D eigenvalue weighted by molar-refractivity contribution is -0.126. The van der Waals surface area contributed by atoms with Gasteiger partial charge in [0.25, 0.3) is 0 Å².